The number of methoxy groups -OCH3 is 1. The van der Waals surface area contributed by atoms with Gasteiger partial charge in [0.2, 0.25) is 0 Å². The number of rotatable bonds is 5. The molecule has 0 spiro atoms. The van der Waals surface area contributed by atoms with Crippen molar-refractivity contribution < 1.29 is 44.5 Å². The minimum absolute atomic E-state index is 0. The molecule has 1 aromatic carbocycles. The Kier molecular flexibility index (Phi) is 7.65. The first-order valence-electron chi connectivity index (χ1n) is 5.34. The Morgan fingerprint density at radius 1 is 1.42 bits per heavy atom. The summed E-state index contributed by atoms with van der Waals surface area (Å²) in [5, 5.41) is 9.70. The molecule has 0 fully saturated rings. The molecule has 0 aromatic heterocycles. The SMILES string of the molecule is CCOC(=O)C(=O)C=C(O)c1cccc(OC)c1.[H-].[Li+]. The normalized spacial score (nSPS) is 10.3. The van der Waals surface area contributed by atoms with Crippen molar-refractivity contribution in [2.45, 2.75) is 6.92 Å². The molecule has 19 heavy (non-hydrogen) atoms. The molecule has 1 rings (SSSR count). The van der Waals surface area contributed by atoms with Crippen LogP contribution in [0, 0.1) is 0 Å². The molecule has 0 radical (unpaired) electrons. The number of aliphatic hydroxyl groups is 1. The number of hydrogen-bond donors (Lipinski definition) is 1. The zero-order valence-electron chi connectivity index (χ0n) is 12.2. The number of carbonyl (C=O) groups is 2. The van der Waals surface area contributed by atoms with Crippen LogP contribution >= 0.6 is 0 Å². The van der Waals surface area contributed by atoms with Crippen molar-refractivity contribution in [1.82, 2.24) is 0 Å². The van der Waals surface area contributed by atoms with Crippen LogP contribution in [-0.4, -0.2) is 30.6 Å². The third-order valence-electron chi connectivity index (χ3n) is 2.11. The van der Waals surface area contributed by atoms with Crippen molar-refractivity contribution in [3.8, 4) is 5.75 Å². The Balaban J connectivity index is 0. The molecule has 5 nitrogen and oxygen atoms in total. The number of carbonyl (C=O) groups excluding carboxylic acids is 2. The summed E-state index contributed by atoms with van der Waals surface area (Å²) < 4.78 is 9.50. The van der Waals surface area contributed by atoms with Crippen LogP contribution in [0.15, 0.2) is 30.3 Å². The van der Waals surface area contributed by atoms with Crippen molar-refractivity contribution >= 4 is 17.5 Å². The number of hydrogen-bond acceptors (Lipinski definition) is 5. The van der Waals surface area contributed by atoms with Gasteiger partial charge in [0.1, 0.15) is 11.5 Å². The standard InChI is InChI=1S/C13H14O5.Li.H/c1-3-18-13(16)12(15)8-11(14)9-5-4-6-10(7-9)17-2;;/h4-8,14H,3H2,1-2H3;;/q;+1;-1. The maximum absolute atomic E-state index is 11.3. The summed E-state index contributed by atoms with van der Waals surface area (Å²) >= 11 is 0. The molecule has 0 amide bonds. The van der Waals surface area contributed by atoms with Crippen molar-refractivity contribution in [2.75, 3.05) is 13.7 Å². The molecule has 0 saturated carbocycles. The minimum atomic E-state index is -0.994. The summed E-state index contributed by atoms with van der Waals surface area (Å²) in [6.45, 7) is 1.70. The van der Waals surface area contributed by atoms with Crippen molar-refractivity contribution in [3.05, 3.63) is 35.9 Å². The van der Waals surface area contributed by atoms with Gasteiger partial charge in [-0.25, -0.2) is 4.79 Å². The summed E-state index contributed by atoms with van der Waals surface area (Å²) in [5.41, 5.74) is 0.381. The van der Waals surface area contributed by atoms with Crippen LogP contribution in [-0.2, 0) is 14.3 Å². The average Bonchev–Trinajstić information content (AvgIpc) is 2.39. The molecule has 98 valence electrons. The first-order valence-corrected chi connectivity index (χ1v) is 5.34. The van der Waals surface area contributed by atoms with Gasteiger partial charge in [-0.05, 0) is 19.1 Å². The first-order chi connectivity index (χ1) is 8.58. The van der Waals surface area contributed by atoms with Gasteiger partial charge in [-0.3, -0.25) is 4.79 Å². The van der Waals surface area contributed by atoms with E-state index in [1.165, 1.54) is 7.11 Å². The van der Waals surface area contributed by atoms with E-state index in [9.17, 15) is 14.7 Å². The fourth-order valence-corrected chi connectivity index (χ4v) is 1.25. The number of esters is 1. The van der Waals surface area contributed by atoms with Crippen molar-refractivity contribution in [1.29, 1.82) is 0 Å². The monoisotopic (exact) mass is 258 g/mol. The predicted molar refractivity (Wildman–Crippen MR) is 66.4 cm³/mol. The fourth-order valence-electron chi connectivity index (χ4n) is 1.25. The first kappa shape index (κ1) is 17.3. The third-order valence-corrected chi connectivity index (χ3v) is 2.11. The topological polar surface area (TPSA) is 72.8 Å². The third kappa shape index (κ3) is 5.21. The predicted octanol–water partition coefficient (Wildman–Crippen LogP) is -1.16. The minimum Gasteiger partial charge on any atom is -1.00 e. The summed E-state index contributed by atoms with van der Waals surface area (Å²) in [6, 6.07) is 6.49. The molecule has 0 heterocycles. The van der Waals surface area contributed by atoms with Crippen LogP contribution in [0.5, 0.6) is 5.75 Å². The van der Waals surface area contributed by atoms with Crippen LogP contribution in [0.25, 0.3) is 5.76 Å². The van der Waals surface area contributed by atoms with Crippen LogP contribution < -0.4 is 23.6 Å². The van der Waals surface area contributed by atoms with Gasteiger partial charge in [0.25, 0.3) is 5.78 Å². The van der Waals surface area contributed by atoms with Gasteiger partial charge in [-0.1, -0.05) is 12.1 Å². The van der Waals surface area contributed by atoms with Crippen molar-refractivity contribution in [2.24, 2.45) is 0 Å². The van der Waals surface area contributed by atoms with Crippen LogP contribution in [0.1, 0.15) is 13.9 Å². The maximum Gasteiger partial charge on any atom is 1.00 e. The van der Waals surface area contributed by atoms with E-state index >= 15 is 0 Å². The molecule has 0 bridgehead atoms. The van der Waals surface area contributed by atoms with Crippen LogP contribution in [0.4, 0.5) is 0 Å². The number of benzene rings is 1. The van der Waals surface area contributed by atoms with Gasteiger partial charge >= 0.3 is 24.8 Å². The second-order valence-electron chi connectivity index (χ2n) is 3.35. The quantitative estimate of drug-likeness (QED) is 0.237. The Hall–Kier alpha value is -1.70. The Bertz CT molecular complexity index is 487. The molecule has 6 heteroatoms. The summed E-state index contributed by atoms with van der Waals surface area (Å²) in [7, 11) is 1.49. The van der Waals surface area contributed by atoms with Crippen LogP contribution in [0.3, 0.4) is 0 Å². The number of ketones is 1. The molecule has 0 aliphatic heterocycles. The van der Waals surface area contributed by atoms with Crippen molar-refractivity contribution in [3.63, 3.8) is 0 Å². The van der Waals surface area contributed by atoms with E-state index < -0.39 is 11.8 Å². The Labute approximate surface area is 124 Å². The van der Waals surface area contributed by atoms with Gasteiger partial charge in [0.05, 0.1) is 13.7 Å². The van der Waals surface area contributed by atoms with E-state index in [2.05, 4.69) is 4.74 Å². The summed E-state index contributed by atoms with van der Waals surface area (Å²) in [6.07, 6.45) is 0.826. The van der Waals surface area contributed by atoms with Gasteiger partial charge in [-0.2, -0.15) is 0 Å². The fraction of sp³-hybridized carbons (Fsp3) is 0.231. The molecule has 0 atom stereocenters. The second-order valence-corrected chi connectivity index (χ2v) is 3.35. The molecule has 0 saturated heterocycles. The average molecular weight is 258 g/mol. The van der Waals surface area contributed by atoms with Gasteiger partial charge in [0, 0.05) is 11.6 Å². The maximum atomic E-state index is 11.3. The summed E-state index contributed by atoms with van der Waals surface area (Å²) in [4.78, 5) is 22.4. The zero-order valence-corrected chi connectivity index (χ0v) is 11.2. The number of aliphatic hydroxyl groups excluding tert-OH is 1. The molecule has 0 aliphatic carbocycles. The zero-order chi connectivity index (χ0) is 13.5. The second kappa shape index (κ2) is 8.41. The molecule has 1 N–H and O–H groups in total. The van der Waals surface area contributed by atoms with E-state index in [4.69, 9.17) is 4.74 Å². The van der Waals surface area contributed by atoms with Gasteiger partial charge in [0.15, 0.2) is 0 Å². The largest absolute Gasteiger partial charge is 1.00 e. The van der Waals surface area contributed by atoms with E-state index in [0.717, 1.165) is 6.08 Å². The molecule has 0 unspecified atom stereocenters. The Morgan fingerprint density at radius 2 is 2.11 bits per heavy atom. The van der Waals surface area contributed by atoms with E-state index in [0.29, 0.717) is 11.3 Å². The molecular formula is C13H15LiO5. The van der Waals surface area contributed by atoms with Crippen LogP contribution in [0.2, 0.25) is 0 Å². The summed E-state index contributed by atoms with van der Waals surface area (Å²) in [5.74, 6) is -1.67. The number of ether oxygens (including phenoxy) is 2. The Morgan fingerprint density at radius 3 is 2.68 bits per heavy atom. The van der Waals surface area contributed by atoms with Gasteiger partial charge < -0.3 is 16.0 Å². The van der Waals surface area contributed by atoms with Gasteiger partial charge in [-0.15, -0.1) is 0 Å². The van der Waals surface area contributed by atoms with E-state index in [1.54, 1.807) is 31.2 Å². The molecular weight excluding hydrogens is 243 g/mol. The smallest absolute Gasteiger partial charge is 1.00 e. The molecule has 0 aliphatic rings. The van der Waals surface area contributed by atoms with E-state index in [1.807, 2.05) is 0 Å². The van der Waals surface area contributed by atoms with E-state index in [-0.39, 0.29) is 32.7 Å². The molecule has 1 aromatic rings.